The standard InChI is InChI=1S/C30H41FO13S2/c1-8-22(35)41-15-21(34)30(42-23(36)9-2)16(3)12-18-24-26(44-46(7,39)40)25(43-45(6,37)38)19-13-17(32)10-11-27(19,4)29(24,31)20(33)14-28(18,30)5/h10-11,13,16,18,20,24-26,33H,8-9,12,14-15H2,1-7H3/t16?,18-,20-,24+,25-,26+,27-,28-,29+,30+/m0/s1. The highest BCUT2D eigenvalue weighted by Gasteiger charge is 2.80. The van der Waals surface area contributed by atoms with Gasteiger partial charge in [0.1, 0.15) is 12.2 Å². The monoisotopic (exact) mass is 692 g/mol. The third-order valence-corrected chi connectivity index (χ3v) is 11.5. The molecular weight excluding hydrogens is 651 g/mol. The van der Waals surface area contributed by atoms with Crippen molar-refractivity contribution in [3.05, 3.63) is 23.8 Å². The lowest BCUT2D eigenvalue weighted by Crippen LogP contribution is -2.75. The second-order valence-corrected chi connectivity index (χ2v) is 16.4. The van der Waals surface area contributed by atoms with Gasteiger partial charge in [0.15, 0.2) is 23.7 Å². The van der Waals surface area contributed by atoms with E-state index in [0.29, 0.717) is 12.5 Å². The zero-order chi connectivity index (χ0) is 34.8. The number of carbonyl (C=O) groups excluding carboxylic acids is 4. The maximum absolute atomic E-state index is 18.3. The Balaban J connectivity index is 2.03. The van der Waals surface area contributed by atoms with E-state index in [-0.39, 0.29) is 24.8 Å². The smallest absolute Gasteiger partial charge is 0.306 e. The van der Waals surface area contributed by atoms with Crippen LogP contribution < -0.4 is 0 Å². The molecule has 258 valence electrons. The van der Waals surface area contributed by atoms with E-state index >= 15 is 4.39 Å². The fourth-order valence-corrected chi connectivity index (χ4v) is 9.80. The molecule has 1 unspecified atom stereocenters. The number of ketones is 2. The van der Waals surface area contributed by atoms with E-state index in [1.165, 1.54) is 33.8 Å². The highest BCUT2D eigenvalue weighted by molar-refractivity contribution is 7.86. The van der Waals surface area contributed by atoms with Gasteiger partial charge in [0.25, 0.3) is 20.2 Å². The Morgan fingerprint density at radius 2 is 1.61 bits per heavy atom. The number of esters is 2. The van der Waals surface area contributed by atoms with Crippen LogP contribution in [0.25, 0.3) is 0 Å². The number of aliphatic hydroxyl groups excluding tert-OH is 1. The summed E-state index contributed by atoms with van der Waals surface area (Å²) in [5.41, 5.74) is -8.71. The number of aliphatic hydroxyl groups is 1. The minimum atomic E-state index is -4.49. The number of halogens is 1. The van der Waals surface area contributed by atoms with Gasteiger partial charge >= 0.3 is 11.9 Å². The summed E-state index contributed by atoms with van der Waals surface area (Å²) in [6.45, 7) is 6.64. The summed E-state index contributed by atoms with van der Waals surface area (Å²) in [7, 11) is -8.90. The van der Waals surface area contributed by atoms with Gasteiger partial charge in [-0.2, -0.15) is 16.8 Å². The SMILES string of the molecule is CCC(=O)OCC(=O)[C@]1(OC(=O)CC)C(C)C[C@H]2[C@@H]3[C@@H](OS(C)(=O)=O)[C@@H](OS(C)(=O)=O)C4=CC(=O)C=C[C@]4(C)[C@@]3(F)[C@@H](O)C[C@@]21C. The maximum Gasteiger partial charge on any atom is 0.306 e. The highest BCUT2D eigenvalue weighted by atomic mass is 32.2. The number of hydrogen-bond donors (Lipinski definition) is 1. The topological polar surface area (TPSA) is 194 Å². The molecule has 0 aromatic carbocycles. The number of ether oxygens (including phenoxy) is 2. The number of rotatable bonds is 10. The van der Waals surface area contributed by atoms with Crippen molar-refractivity contribution in [1.29, 1.82) is 0 Å². The Bertz CT molecular complexity index is 1600. The first-order chi connectivity index (χ1) is 21.0. The van der Waals surface area contributed by atoms with Gasteiger partial charge in [0.05, 0.1) is 18.6 Å². The fraction of sp³-hybridized carbons (Fsp3) is 0.733. The molecule has 0 bridgehead atoms. The second kappa shape index (κ2) is 11.9. The molecule has 0 aromatic heterocycles. The van der Waals surface area contributed by atoms with Gasteiger partial charge in [-0.25, -0.2) is 4.39 Å². The first kappa shape index (κ1) is 36.3. The maximum atomic E-state index is 18.3. The van der Waals surface area contributed by atoms with E-state index in [9.17, 15) is 41.1 Å². The quantitative estimate of drug-likeness (QED) is 0.257. The fourth-order valence-electron chi connectivity index (χ4n) is 8.59. The van der Waals surface area contributed by atoms with Gasteiger partial charge in [-0.3, -0.25) is 27.5 Å². The Morgan fingerprint density at radius 3 is 2.15 bits per heavy atom. The van der Waals surface area contributed by atoms with Crippen LogP contribution in [-0.2, 0) is 57.3 Å². The molecule has 16 heteroatoms. The molecule has 46 heavy (non-hydrogen) atoms. The number of hydrogen-bond acceptors (Lipinski definition) is 13. The van der Waals surface area contributed by atoms with Crippen LogP contribution in [0.1, 0.15) is 60.3 Å². The van der Waals surface area contributed by atoms with Crippen molar-refractivity contribution >= 4 is 43.7 Å². The molecule has 4 rings (SSSR count). The van der Waals surface area contributed by atoms with Crippen LogP contribution in [0.5, 0.6) is 0 Å². The lowest BCUT2D eigenvalue weighted by Gasteiger charge is -2.65. The molecule has 0 heterocycles. The third-order valence-electron chi connectivity index (χ3n) is 10.4. The second-order valence-electron chi connectivity index (χ2n) is 13.2. The molecule has 3 fully saturated rings. The van der Waals surface area contributed by atoms with Gasteiger partial charge in [0.2, 0.25) is 5.78 Å². The number of allylic oxidation sites excluding steroid dienone is 3. The van der Waals surface area contributed by atoms with Crippen LogP contribution in [0.15, 0.2) is 23.8 Å². The summed E-state index contributed by atoms with van der Waals surface area (Å²) in [6.07, 6.45) is -2.04. The molecule has 4 aliphatic rings. The van der Waals surface area contributed by atoms with Crippen molar-refractivity contribution < 1.29 is 63.4 Å². The average molecular weight is 693 g/mol. The summed E-state index contributed by atoms with van der Waals surface area (Å²) < 4.78 is 90.8. The minimum Gasteiger partial charge on any atom is -0.457 e. The van der Waals surface area contributed by atoms with Gasteiger partial charge in [-0.05, 0) is 43.4 Å². The van der Waals surface area contributed by atoms with E-state index in [4.69, 9.17) is 17.8 Å². The minimum absolute atomic E-state index is 0.0493. The molecule has 1 N–H and O–H groups in total. The molecule has 0 aromatic rings. The zero-order valence-corrected chi connectivity index (χ0v) is 28.4. The lowest BCUT2D eigenvalue weighted by atomic mass is 9.43. The lowest BCUT2D eigenvalue weighted by molar-refractivity contribution is -0.250. The predicted molar refractivity (Wildman–Crippen MR) is 158 cm³/mol. The molecule has 0 spiro atoms. The number of carbonyl (C=O) groups is 4. The van der Waals surface area contributed by atoms with Crippen molar-refractivity contribution in [2.75, 3.05) is 19.1 Å². The molecule has 0 radical (unpaired) electrons. The first-order valence-electron chi connectivity index (χ1n) is 15.0. The van der Waals surface area contributed by atoms with Crippen molar-refractivity contribution in [1.82, 2.24) is 0 Å². The summed E-state index contributed by atoms with van der Waals surface area (Å²) in [5.74, 6) is -6.69. The Hall–Kier alpha value is -2.53. The molecule has 0 saturated heterocycles. The van der Waals surface area contributed by atoms with Gasteiger partial charge in [-0.1, -0.05) is 33.8 Å². The van der Waals surface area contributed by atoms with Crippen molar-refractivity contribution in [2.45, 2.75) is 89.9 Å². The molecule has 3 saturated carbocycles. The van der Waals surface area contributed by atoms with E-state index in [2.05, 4.69) is 0 Å². The average Bonchev–Trinajstić information content (AvgIpc) is 3.15. The van der Waals surface area contributed by atoms with E-state index < -0.39 is 115 Å². The molecule has 0 aliphatic heterocycles. The van der Waals surface area contributed by atoms with Crippen LogP contribution in [0.2, 0.25) is 0 Å². The van der Waals surface area contributed by atoms with Crippen molar-refractivity contribution in [3.63, 3.8) is 0 Å². The molecular formula is C30H41FO13S2. The number of alkyl halides is 1. The molecule has 4 aliphatic carbocycles. The zero-order valence-electron chi connectivity index (χ0n) is 26.8. The summed E-state index contributed by atoms with van der Waals surface area (Å²) >= 11 is 0. The van der Waals surface area contributed by atoms with Crippen LogP contribution in [0.3, 0.4) is 0 Å². The third kappa shape index (κ3) is 5.57. The van der Waals surface area contributed by atoms with Crippen molar-refractivity contribution in [3.8, 4) is 0 Å². The van der Waals surface area contributed by atoms with Crippen molar-refractivity contribution in [2.24, 2.45) is 28.6 Å². The predicted octanol–water partition coefficient (Wildman–Crippen LogP) is 1.73. The van der Waals surface area contributed by atoms with Gasteiger partial charge in [0, 0.05) is 35.5 Å². The van der Waals surface area contributed by atoms with Crippen LogP contribution in [0.4, 0.5) is 4.39 Å². The first-order valence-corrected chi connectivity index (χ1v) is 18.6. The molecule has 13 nitrogen and oxygen atoms in total. The molecule has 0 amide bonds. The van der Waals surface area contributed by atoms with Crippen LogP contribution >= 0.6 is 0 Å². The summed E-state index contributed by atoms with van der Waals surface area (Å²) in [5, 5.41) is 11.9. The van der Waals surface area contributed by atoms with E-state index in [1.807, 2.05) is 0 Å². The normalized spacial score (nSPS) is 40.3. The number of Topliss-reactive ketones (excluding diaryl/α,β-unsaturated/α-hetero) is 1. The van der Waals surface area contributed by atoms with E-state index in [1.54, 1.807) is 6.92 Å². The van der Waals surface area contributed by atoms with E-state index in [0.717, 1.165) is 12.2 Å². The highest BCUT2D eigenvalue weighted by Crippen LogP contribution is 2.72. The number of fused-ring (bicyclic) bond motifs is 5. The summed E-state index contributed by atoms with van der Waals surface area (Å²) in [4.78, 5) is 51.6. The summed E-state index contributed by atoms with van der Waals surface area (Å²) in [6, 6.07) is 0. The molecule has 10 atom stereocenters. The van der Waals surface area contributed by atoms with Gasteiger partial charge < -0.3 is 14.6 Å². The Morgan fingerprint density at radius 1 is 1.02 bits per heavy atom. The van der Waals surface area contributed by atoms with Crippen LogP contribution in [0, 0.1) is 28.6 Å². The van der Waals surface area contributed by atoms with Crippen LogP contribution in [-0.4, -0.2) is 94.1 Å². The largest absolute Gasteiger partial charge is 0.457 e. The Kier molecular flexibility index (Phi) is 9.36. The Labute approximate surface area is 268 Å². The van der Waals surface area contributed by atoms with Gasteiger partial charge in [-0.15, -0.1) is 0 Å².